The van der Waals surface area contributed by atoms with Gasteiger partial charge in [-0.3, -0.25) is 4.79 Å². The highest BCUT2D eigenvalue weighted by atomic mass is 19.1. The van der Waals surface area contributed by atoms with Crippen LogP contribution in [-0.2, 0) is 0 Å². The quantitative estimate of drug-likeness (QED) is 0.524. The molecule has 0 saturated carbocycles. The summed E-state index contributed by atoms with van der Waals surface area (Å²) in [5.74, 6) is 4.64. The van der Waals surface area contributed by atoms with Crippen LogP contribution < -0.4 is 11.4 Å². The van der Waals surface area contributed by atoms with Crippen LogP contribution in [0.5, 0.6) is 0 Å². The highest BCUT2D eigenvalue weighted by Gasteiger charge is 2.10. The molecule has 0 saturated heterocycles. The first-order valence-corrected chi connectivity index (χ1v) is 3.19. The summed E-state index contributed by atoms with van der Waals surface area (Å²) in [7, 11) is 0. The molecule has 0 fully saturated rings. The summed E-state index contributed by atoms with van der Waals surface area (Å²) in [6, 6.07) is 0. The predicted octanol–water partition coefficient (Wildman–Crippen LogP) is -0.423. The molecule has 0 unspecified atom stereocenters. The SMILES string of the molecule is Nn1cc(F)c2c(=O)[nH]cnc21. The Morgan fingerprint density at radius 2 is 2.42 bits per heavy atom. The van der Waals surface area contributed by atoms with Gasteiger partial charge < -0.3 is 10.8 Å². The summed E-state index contributed by atoms with van der Waals surface area (Å²) in [5.41, 5.74) is -0.391. The van der Waals surface area contributed by atoms with E-state index in [-0.39, 0.29) is 11.0 Å². The van der Waals surface area contributed by atoms with Crippen LogP contribution in [-0.4, -0.2) is 14.6 Å². The largest absolute Gasteiger partial charge is 0.338 e. The van der Waals surface area contributed by atoms with Crippen LogP contribution in [0, 0.1) is 5.82 Å². The average Bonchev–Trinajstić information content (AvgIpc) is 2.29. The van der Waals surface area contributed by atoms with Crippen molar-refractivity contribution in [2.24, 2.45) is 0 Å². The highest BCUT2D eigenvalue weighted by molar-refractivity contribution is 5.75. The van der Waals surface area contributed by atoms with E-state index in [2.05, 4.69) is 9.97 Å². The standard InChI is InChI=1S/C6H5FN4O/c7-3-1-11(8)5-4(3)6(12)10-2-9-5/h1-2H,8H2,(H,9,10,12). The lowest BCUT2D eigenvalue weighted by Crippen LogP contribution is -2.10. The smallest absolute Gasteiger partial charge is 0.263 e. The number of nitrogens with zero attached hydrogens (tertiary/aromatic N) is 2. The van der Waals surface area contributed by atoms with E-state index < -0.39 is 11.4 Å². The third-order valence-corrected chi connectivity index (χ3v) is 1.57. The number of hydrogen-bond donors (Lipinski definition) is 2. The number of fused-ring (bicyclic) bond motifs is 1. The molecule has 2 aromatic rings. The molecule has 62 valence electrons. The van der Waals surface area contributed by atoms with Gasteiger partial charge in [0.2, 0.25) is 0 Å². The number of aromatic nitrogens is 3. The van der Waals surface area contributed by atoms with Gasteiger partial charge in [-0.05, 0) is 0 Å². The molecular weight excluding hydrogens is 163 g/mol. The zero-order chi connectivity index (χ0) is 8.72. The van der Waals surface area contributed by atoms with E-state index in [0.717, 1.165) is 10.9 Å². The number of halogens is 1. The lowest BCUT2D eigenvalue weighted by atomic mass is 10.4. The van der Waals surface area contributed by atoms with E-state index >= 15 is 0 Å². The van der Waals surface area contributed by atoms with Crippen LogP contribution in [0.3, 0.4) is 0 Å². The fourth-order valence-electron chi connectivity index (χ4n) is 1.05. The van der Waals surface area contributed by atoms with Crippen molar-refractivity contribution < 1.29 is 4.39 Å². The molecule has 0 aliphatic rings. The monoisotopic (exact) mass is 168 g/mol. The Morgan fingerprint density at radius 3 is 3.08 bits per heavy atom. The maximum absolute atomic E-state index is 12.9. The summed E-state index contributed by atoms with van der Waals surface area (Å²) in [5, 5.41) is -0.111. The molecule has 0 bridgehead atoms. The average molecular weight is 168 g/mol. The van der Waals surface area contributed by atoms with Gasteiger partial charge in [0.1, 0.15) is 5.39 Å². The lowest BCUT2D eigenvalue weighted by Gasteiger charge is -1.90. The van der Waals surface area contributed by atoms with Crippen LogP contribution in [0.2, 0.25) is 0 Å². The molecule has 12 heavy (non-hydrogen) atoms. The molecule has 2 aromatic heterocycles. The molecule has 2 rings (SSSR count). The zero-order valence-electron chi connectivity index (χ0n) is 5.91. The van der Waals surface area contributed by atoms with Gasteiger partial charge in [-0.25, -0.2) is 14.1 Å². The molecule has 0 atom stereocenters. The van der Waals surface area contributed by atoms with Crippen LogP contribution >= 0.6 is 0 Å². The van der Waals surface area contributed by atoms with Gasteiger partial charge >= 0.3 is 0 Å². The zero-order valence-corrected chi connectivity index (χ0v) is 5.91. The highest BCUT2D eigenvalue weighted by Crippen LogP contribution is 2.09. The van der Waals surface area contributed by atoms with Crippen molar-refractivity contribution in [1.82, 2.24) is 14.6 Å². The van der Waals surface area contributed by atoms with E-state index in [1.807, 2.05) is 0 Å². The van der Waals surface area contributed by atoms with Crippen molar-refractivity contribution in [3.63, 3.8) is 0 Å². The third kappa shape index (κ3) is 0.714. The fraction of sp³-hybridized carbons (Fsp3) is 0. The number of nitrogens with one attached hydrogen (secondary N) is 1. The first-order valence-electron chi connectivity index (χ1n) is 3.19. The lowest BCUT2D eigenvalue weighted by molar-refractivity contribution is 0.634. The minimum absolute atomic E-state index is 0.111. The van der Waals surface area contributed by atoms with E-state index in [1.165, 1.54) is 6.33 Å². The molecule has 0 aliphatic carbocycles. The minimum Gasteiger partial charge on any atom is -0.338 e. The van der Waals surface area contributed by atoms with Gasteiger partial charge in [0.25, 0.3) is 5.56 Å². The summed E-state index contributed by atoms with van der Waals surface area (Å²) >= 11 is 0. The number of rotatable bonds is 0. The molecule has 0 spiro atoms. The van der Waals surface area contributed by atoms with E-state index in [0.29, 0.717) is 0 Å². The molecule has 2 heterocycles. The third-order valence-electron chi connectivity index (χ3n) is 1.57. The van der Waals surface area contributed by atoms with E-state index in [9.17, 15) is 9.18 Å². The number of aromatic amines is 1. The Balaban J connectivity index is 3.09. The van der Waals surface area contributed by atoms with Crippen LogP contribution in [0.15, 0.2) is 17.3 Å². The number of H-pyrrole nitrogens is 1. The predicted molar refractivity (Wildman–Crippen MR) is 40.5 cm³/mol. The van der Waals surface area contributed by atoms with Gasteiger partial charge in [-0.2, -0.15) is 0 Å². The van der Waals surface area contributed by atoms with E-state index in [1.54, 1.807) is 0 Å². The van der Waals surface area contributed by atoms with Gasteiger partial charge in [0.05, 0.1) is 12.5 Å². The summed E-state index contributed by atoms with van der Waals surface area (Å²) in [4.78, 5) is 17.0. The Hall–Kier alpha value is -1.85. The molecular formula is C6H5FN4O. The number of hydrogen-bond acceptors (Lipinski definition) is 3. The topological polar surface area (TPSA) is 76.7 Å². The second-order valence-electron chi connectivity index (χ2n) is 2.31. The van der Waals surface area contributed by atoms with Crippen LogP contribution in [0.1, 0.15) is 0 Å². The van der Waals surface area contributed by atoms with Crippen LogP contribution in [0.25, 0.3) is 11.0 Å². The van der Waals surface area contributed by atoms with E-state index in [4.69, 9.17) is 5.84 Å². The fourth-order valence-corrected chi connectivity index (χ4v) is 1.05. The molecule has 0 aromatic carbocycles. The number of nitrogens with two attached hydrogens (primary N) is 1. The molecule has 0 radical (unpaired) electrons. The second kappa shape index (κ2) is 2.07. The summed E-state index contributed by atoms with van der Waals surface area (Å²) in [6.07, 6.45) is 2.18. The molecule has 0 aliphatic heterocycles. The maximum Gasteiger partial charge on any atom is 0.263 e. The molecule has 0 amide bonds. The first-order chi connectivity index (χ1) is 5.70. The summed E-state index contributed by atoms with van der Waals surface area (Å²) < 4.78 is 13.9. The molecule has 6 heteroatoms. The normalized spacial score (nSPS) is 10.8. The van der Waals surface area contributed by atoms with Crippen LogP contribution in [0.4, 0.5) is 4.39 Å². The Kier molecular flexibility index (Phi) is 1.18. The van der Waals surface area contributed by atoms with Crippen molar-refractivity contribution in [2.45, 2.75) is 0 Å². The maximum atomic E-state index is 12.9. The van der Waals surface area contributed by atoms with Crippen molar-refractivity contribution in [1.29, 1.82) is 0 Å². The van der Waals surface area contributed by atoms with Gasteiger partial charge in [-0.15, -0.1) is 0 Å². The summed E-state index contributed by atoms with van der Waals surface area (Å²) in [6.45, 7) is 0. The van der Waals surface area contributed by atoms with Gasteiger partial charge in [-0.1, -0.05) is 0 Å². The van der Waals surface area contributed by atoms with Gasteiger partial charge in [0.15, 0.2) is 11.5 Å². The second-order valence-corrected chi connectivity index (χ2v) is 2.31. The van der Waals surface area contributed by atoms with Crippen molar-refractivity contribution in [3.8, 4) is 0 Å². The Bertz CT molecular complexity index is 486. The van der Waals surface area contributed by atoms with Crippen molar-refractivity contribution in [2.75, 3.05) is 5.84 Å². The van der Waals surface area contributed by atoms with Crippen molar-refractivity contribution in [3.05, 3.63) is 28.7 Å². The molecule has 5 nitrogen and oxygen atoms in total. The van der Waals surface area contributed by atoms with Crippen molar-refractivity contribution >= 4 is 11.0 Å². The Morgan fingerprint density at radius 1 is 1.67 bits per heavy atom. The number of nitrogen functional groups attached to an aromatic ring is 1. The Labute approximate surface area is 65.6 Å². The minimum atomic E-state index is -0.665. The molecule has 3 N–H and O–H groups in total. The van der Waals surface area contributed by atoms with Gasteiger partial charge in [0, 0.05) is 0 Å². The first kappa shape index (κ1) is 6.84.